The third-order valence-electron chi connectivity index (χ3n) is 2.09. The van der Waals surface area contributed by atoms with Gasteiger partial charge >= 0.3 is 0 Å². The Hall–Kier alpha value is -0.470. The van der Waals surface area contributed by atoms with Gasteiger partial charge in [0.1, 0.15) is 0 Å². The summed E-state index contributed by atoms with van der Waals surface area (Å²) in [4.78, 5) is 1.40. The molecule has 0 fully saturated rings. The van der Waals surface area contributed by atoms with Crippen LogP contribution in [0.1, 0.15) is 17.5 Å². The molecule has 72 valence electrons. The van der Waals surface area contributed by atoms with Crippen LogP contribution in [-0.4, -0.2) is 12.8 Å². The molecule has 1 aromatic carbocycles. The predicted octanol–water partition coefficient (Wildman–Crippen LogP) is 2.61. The average molecular weight is 195 g/mol. The number of hydrogen-bond donors (Lipinski definition) is 1. The van der Waals surface area contributed by atoms with Gasteiger partial charge in [0.2, 0.25) is 0 Å². The fourth-order valence-electron chi connectivity index (χ4n) is 1.35. The first kappa shape index (κ1) is 10.6. The maximum Gasteiger partial charge on any atom is 0.0104 e. The van der Waals surface area contributed by atoms with Gasteiger partial charge in [-0.3, -0.25) is 0 Å². The molecule has 0 amide bonds. The lowest BCUT2D eigenvalue weighted by Gasteiger charge is -2.07. The highest BCUT2D eigenvalue weighted by atomic mass is 32.2. The van der Waals surface area contributed by atoms with Crippen molar-refractivity contribution in [2.24, 2.45) is 5.73 Å². The number of nitrogens with two attached hydrogens (primary N) is 1. The summed E-state index contributed by atoms with van der Waals surface area (Å²) in [5.41, 5.74) is 8.26. The average Bonchev–Trinajstić information content (AvgIpc) is 2.16. The van der Waals surface area contributed by atoms with Crippen LogP contribution in [0.25, 0.3) is 0 Å². The Morgan fingerprint density at radius 1 is 1.38 bits per heavy atom. The van der Waals surface area contributed by atoms with Crippen LogP contribution in [0.4, 0.5) is 0 Å². The van der Waals surface area contributed by atoms with E-state index in [1.165, 1.54) is 16.0 Å². The monoisotopic (exact) mass is 195 g/mol. The zero-order chi connectivity index (χ0) is 9.68. The van der Waals surface area contributed by atoms with Crippen molar-refractivity contribution >= 4 is 11.8 Å². The SMILES string of the molecule is CSc1cc(C)ccc1CCCN. The van der Waals surface area contributed by atoms with Crippen molar-refractivity contribution in [2.45, 2.75) is 24.7 Å². The van der Waals surface area contributed by atoms with E-state index in [9.17, 15) is 0 Å². The van der Waals surface area contributed by atoms with Gasteiger partial charge in [0.05, 0.1) is 0 Å². The van der Waals surface area contributed by atoms with E-state index in [0.29, 0.717) is 0 Å². The Labute approximate surface area is 84.7 Å². The van der Waals surface area contributed by atoms with Crippen molar-refractivity contribution in [3.05, 3.63) is 29.3 Å². The highest BCUT2D eigenvalue weighted by Gasteiger charge is 2.00. The molecule has 0 unspecified atom stereocenters. The molecule has 0 aliphatic heterocycles. The van der Waals surface area contributed by atoms with Crippen LogP contribution in [0.15, 0.2) is 23.1 Å². The molecule has 0 radical (unpaired) electrons. The van der Waals surface area contributed by atoms with Crippen LogP contribution in [-0.2, 0) is 6.42 Å². The molecule has 0 saturated heterocycles. The molecule has 0 saturated carbocycles. The summed E-state index contributed by atoms with van der Waals surface area (Å²) in [7, 11) is 0. The number of aryl methyl sites for hydroxylation is 2. The summed E-state index contributed by atoms with van der Waals surface area (Å²) in [5, 5.41) is 0. The minimum Gasteiger partial charge on any atom is -0.330 e. The molecule has 0 atom stereocenters. The van der Waals surface area contributed by atoms with Gasteiger partial charge in [-0.25, -0.2) is 0 Å². The standard InChI is InChI=1S/C11H17NS/c1-9-5-6-10(4-3-7-12)11(8-9)13-2/h5-6,8H,3-4,7,12H2,1-2H3. The Balaban J connectivity index is 2.79. The highest BCUT2D eigenvalue weighted by molar-refractivity contribution is 7.98. The smallest absolute Gasteiger partial charge is 0.0104 e. The van der Waals surface area contributed by atoms with Gasteiger partial charge in [0.15, 0.2) is 0 Å². The largest absolute Gasteiger partial charge is 0.330 e. The number of rotatable bonds is 4. The summed E-state index contributed by atoms with van der Waals surface area (Å²) in [6.07, 6.45) is 4.31. The summed E-state index contributed by atoms with van der Waals surface area (Å²) >= 11 is 1.82. The van der Waals surface area contributed by atoms with Crippen molar-refractivity contribution in [1.82, 2.24) is 0 Å². The zero-order valence-corrected chi connectivity index (χ0v) is 9.16. The van der Waals surface area contributed by atoms with Crippen molar-refractivity contribution in [2.75, 3.05) is 12.8 Å². The third kappa shape index (κ3) is 3.05. The fourth-order valence-corrected chi connectivity index (χ4v) is 2.09. The van der Waals surface area contributed by atoms with Crippen molar-refractivity contribution in [3.63, 3.8) is 0 Å². The van der Waals surface area contributed by atoms with Gasteiger partial charge in [0, 0.05) is 4.90 Å². The molecule has 0 spiro atoms. The predicted molar refractivity (Wildman–Crippen MR) is 60.3 cm³/mol. The number of thioether (sulfide) groups is 1. The van der Waals surface area contributed by atoms with E-state index in [2.05, 4.69) is 31.4 Å². The summed E-state index contributed by atoms with van der Waals surface area (Å²) in [5.74, 6) is 0. The summed E-state index contributed by atoms with van der Waals surface area (Å²) in [6.45, 7) is 2.91. The van der Waals surface area contributed by atoms with Crippen LogP contribution in [0.5, 0.6) is 0 Å². The molecular formula is C11H17NS. The molecule has 0 aliphatic carbocycles. The molecule has 0 aromatic heterocycles. The lowest BCUT2D eigenvalue weighted by Crippen LogP contribution is -2.01. The summed E-state index contributed by atoms with van der Waals surface area (Å²) < 4.78 is 0. The first-order valence-electron chi connectivity index (χ1n) is 4.61. The summed E-state index contributed by atoms with van der Waals surface area (Å²) in [6, 6.07) is 6.64. The van der Waals surface area contributed by atoms with Crippen LogP contribution >= 0.6 is 11.8 Å². The number of hydrogen-bond acceptors (Lipinski definition) is 2. The molecule has 13 heavy (non-hydrogen) atoms. The van der Waals surface area contributed by atoms with Gasteiger partial charge in [0.25, 0.3) is 0 Å². The zero-order valence-electron chi connectivity index (χ0n) is 8.34. The Kier molecular flexibility index (Phi) is 4.33. The second-order valence-electron chi connectivity index (χ2n) is 3.21. The molecule has 0 aliphatic rings. The molecule has 1 aromatic rings. The lowest BCUT2D eigenvalue weighted by molar-refractivity contribution is 0.820. The van der Waals surface area contributed by atoms with E-state index >= 15 is 0 Å². The fraction of sp³-hybridized carbons (Fsp3) is 0.455. The van der Waals surface area contributed by atoms with Crippen molar-refractivity contribution in [1.29, 1.82) is 0 Å². The van der Waals surface area contributed by atoms with Gasteiger partial charge in [-0.2, -0.15) is 0 Å². The second kappa shape index (κ2) is 5.30. The van der Waals surface area contributed by atoms with E-state index in [1.54, 1.807) is 0 Å². The maximum absolute atomic E-state index is 5.49. The Morgan fingerprint density at radius 3 is 2.77 bits per heavy atom. The Morgan fingerprint density at radius 2 is 2.15 bits per heavy atom. The lowest BCUT2D eigenvalue weighted by atomic mass is 10.1. The van der Waals surface area contributed by atoms with Crippen LogP contribution < -0.4 is 5.73 Å². The third-order valence-corrected chi connectivity index (χ3v) is 2.91. The minimum absolute atomic E-state index is 0.779. The van der Waals surface area contributed by atoms with Gasteiger partial charge < -0.3 is 5.73 Å². The highest BCUT2D eigenvalue weighted by Crippen LogP contribution is 2.22. The number of benzene rings is 1. The van der Waals surface area contributed by atoms with Crippen LogP contribution in [0, 0.1) is 6.92 Å². The molecule has 0 bridgehead atoms. The molecule has 1 nitrogen and oxygen atoms in total. The first-order chi connectivity index (χ1) is 6.27. The molecule has 0 heterocycles. The van der Waals surface area contributed by atoms with E-state index in [-0.39, 0.29) is 0 Å². The topological polar surface area (TPSA) is 26.0 Å². The van der Waals surface area contributed by atoms with Gasteiger partial charge in [-0.1, -0.05) is 17.7 Å². The van der Waals surface area contributed by atoms with Gasteiger partial charge in [-0.05, 0) is 44.2 Å². The quantitative estimate of drug-likeness (QED) is 0.747. The van der Waals surface area contributed by atoms with Gasteiger partial charge in [-0.15, -0.1) is 11.8 Å². The molecular weight excluding hydrogens is 178 g/mol. The first-order valence-corrected chi connectivity index (χ1v) is 5.84. The van der Waals surface area contributed by atoms with E-state index in [0.717, 1.165) is 19.4 Å². The van der Waals surface area contributed by atoms with Crippen LogP contribution in [0.2, 0.25) is 0 Å². The van der Waals surface area contributed by atoms with Crippen molar-refractivity contribution in [3.8, 4) is 0 Å². The van der Waals surface area contributed by atoms with E-state index in [4.69, 9.17) is 5.73 Å². The normalized spacial score (nSPS) is 10.4. The van der Waals surface area contributed by atoms with E-state index < -0.39 is 0 Å². The minimum atomic E-state index is 0.779. The Bertz CT molecular complexity index is 271. The maximum atomic E-state index is 5.49. The van der Waals surface area contributed by atoms with Crippen LogP contribution in [0.3, 0.4) is 0 Å². The van der Waals surface area contributed by atoms with Crippen molar-refractivity contribution < 1.29 is 0 Å². The molecule has 1 rings (SSSR count). The molecule has 2 heteroatoms. The van der Waals surface area contributed by atoms with E-state index in [1.807, 2.05) is 11.8 Å². The second-order valence-corrected chi connectivity index (χ2v) is 4.06. The molecule has 2 N–H and O–H groups in total.